The number of hydrogen-bond donors (Lipinski definition) is 1. The molecule has 1 aliphatic heterocycles. The minimum atomic E-state index is 0.0527. The molecule has 1 unspecified atom stereocenters. The zero-order valence-electron chi connectivity index (χ0n) is 12.0. The van der Waals surface area contributed by atoms with Crippen LogP contribution in [0.1, 0.15) is 23.6 Å². The first-order valence-corrected chi connectivity index (χ1v) is 7.48. The van der Waals surface area contributed by atoms with Gasteiger partial charge in [0, 0.05) is 13.1 Å². The smallest absolute Gasteiger partial charge is 0.318 e. The Labute approximate surface area is 125 Å². The lowest BCUT2D eigenvalue weighted by Crippen LogP contribution is -2.29. The molecule has 0 spiro atoms. The van der Waals surface area contributed by atoms with Crippen LogP contribution in [0.3, 0.4) is 0 Å². The molecule has 0 saturated carbocycles. The maximum absolute atomic E-state index is 12.0. The van der Waals surface area contributed by atoms with Crippen LogP contribution in [-0.4, -0.2) is 24.0 Å². The number of aryl methyl sites for hydroxylation is 1. The van der Waals surface area contributed by atoms with E-state index in [4.69, 9.17) is 0 Å². The van der Waals surface area contributed by atoms with Gasteiger partial charge in [0.05, 0.1) is 6.04 Å². The number of amides is 2. The quantitative estimate of drug-likeness (QED) is 0.661. The number of nitrogens with one attached hydrogen (secondary N) is 1. The lowest BCUT2D eigenvalue weighted by Gasteiger charge is -2.07. The van der Waals surface area contributed by atoms with Crippen molar-refractivity contribution in [1.29, 1.82) is 0 Å². The van der Waals surface area contributed by atoms with Gasteiger partial charge in [-0.05, 0) is 24.0 Å². The van der Waals surface area contributed by atoms with Crippen LogP contribution in [0.4, 0.5) is 4.79 Å². The third kappa shape index (κ3) is 3.63. The van der Waals surface area contributed by atoms with Gasteiger partial charge in [0.1, 0.15) is 0 Å². The van der Waals surface area contributed by atoms with E-state index < -0.39 is 0 Å². The van der Waals surface area contributed by atoms with Crippen molar-refractivity contribution in [2.75, 3.05) is 13.1 Å². The van der Waals surface area contributed by atoms with Crippen LogP contribution >= 0.6 is 0 Å². The summed E-state index contributed by atoms with van der Waals surface area (Å²) < 4.78 is 0. The van der Waals surface area contributed by atoms with Crippen LogP contribution in [0.2, 0.25) is 0 Å². The van der Waals surface area contributed by atoms with Crippen molar-refractivity contribution < 1.29 is 4.79 Å². The van der Waals surface area contributed by atoms with Crippen LogP contribution < -0.4 is 5.32 Å². The molecule has 1 atom stereocenters. The van der Waals surface area contributed by atoms with Crippen molar-refractivity contribution in [3.8, 4) is 0 Å². The molecular formula is C18H20N2O. The van der Waals surface area contributed by atoms with Crippen LogP contribution in [0.15, 0.2) is 60.7 Å². The third-order valence-corrected chi connectivity index (χ3v) is 3.82. The average molecular weight is 280 g/mol. The second kappa shape index (κ2) is 6.44. The molecule has 1 heterocycles. The minimum absolute atomic E-state index is 0.0527. The first kappa shape index (κ1) is 13.7. The fourth-order valence-electron chi connectivity index (χ4n) is 2.56. The summed E-state index contributed by atoms with van der Waals surface area (Å²) in [7, 11) is 0. The summed E-state index contributed by atoms with van der Waals surface area (Å²) in [5, 5.41) is 3.00. The summed E-state index contributed by atoms with van der Waals surface area (Å²) in [4.78, 5) is 13.9. The largest absolute Gasteiger partial charge is 0.338 e. The Morgan fingerprint density at radius 1 is 1.05 bits per heavy atom. The Morgan fingerprint density at radius 2 is 1.71 bits per heavy atom. The van der Waals surface area contributed by atoms with Crippen LogP contribution in [0, 0.1) is 0 Å². The first-order valence-electron chi connectivity index (χ1n) is 7.48. The van der Waals surface area contributed by atoms with Crippen molar-refractivity contribution >= 4 is 6.03 Å². The highest BCUT2D eigenvalue weighted by Crippen LogP contribution is 2.34. The summed E-state index contributed by atoms with van der Waals surface area (Å²) in [5.41, 5.74) is 2.54. The van der Waals surface area contributed by atoms with Crippen molar-refractivity contribution in [1.82, 2.24) is 10.2 Å². The first-order chi connectivity index (χ1) is 10.3. The van der Waals surface area contributed by atoms with Gasteiger partial charge in [-0.3, -0.25) is 0 Å². The van der Waals surface area contributed by atoms with Crippen molar-refractivity contribution in [2.45, 2.75) is 18.9 Å². The fourth-order valence-corrected chi connectivity index (χ4v) is 2.56. The monoisotopic (exact) mass is 280 g/mol. The lowest BCUT2D eigenvalue weighted by atomic mass is 10.1. The second-order valence-electron chi connectivity index (χ2n) is 5.40. The lowest BCUT2D eigenvalue weighted by molar-refractivity contribution is 0.227. The van der Waals surface area contributed by atoms with E-state index in [0.717, 1.165) is 25.9 Å². The molecule has 1 fully saturated rings. The molecule has 2 amide bonds. The van der Waals surface area contributed by atoms with Crippen molar-refractivity contribution in [3.05, 3.63) is 71.8 Å². The molecule has 0 bridgehead atoms. The highest BCUT2D eigenvalue weighted by atomic mass is 16.2. The Morgan fingerprint density at radius 3 is 2.43 bits per heavy atom. The number of carbonyl (C=O) groups excluding carboxylic acids is 1. The van der Waals surface area contributed by atoms with Gasteiger partial charge in [0.15, 0.2) is 0 Å². The number of carbonyl (C=O) groups is 1. The average Bonchev–Trinajstić information content (AvgIpc) is 3.34. The molecule has 2 aromatic rings. The molecule has 3 nitrogen and oxygen atoms in total. The molecule has 1 N–H and O–H groups in total. The Kier molecular flexibility index (Phi) is 4.20. The molecular weight excluding hydrogens is 260 g/mol. The molecule has 108 valence electrons. The number of urea groups is 1. The predicted molar refractivity (Wildman–Crippen MR) is 84.1 cm³/mol. The Hall–Kier alpha value is -2.29. The summed E-state index contributed by atoms with van der Waals surface area (Å²) in [6.07, 6.45) is 1.98. The van der Waals surface area contributed by atoms with E-state index in [1.54, 1.807) is 0 Å². The van der Waals surface area contributed by atoms with Gasteiger partial charge in [-0.25, -0.2) is 4.79 Å². The maximum Gasteiger partial charge on any atom is 0.318 e. The molecule has 0 aromatic heterocycles. The molecule has 1 saturated heterocycles. The van der Waals surface area contributed by atoms with E-state index in [1.165, 1.54) is 11.1 Å². The summed E-state index contributed by atoms with van der Waals surface area (Å²) >= 11 is 0. The fraction of sp³-hybridized carbons (Fsp3) is 0.278. The minimum Gasteiger partial charge on any atom is -0.338 e. The van der Waals surface area contributed by atoms with Crippen molar-refractivity contribution in [2.24, 2.45) is 0 Å². The third-order valence-electron chi connectivity index (χ3n) is 3.82. The van der Waals surface area contributed by atoms with Gasteiger partial charge in [0.25, 0.3) is 0 Å². The van der Waals surface area contributed by atoms with Gasteiger partial charge in [0.2, 0.25) is 0 Å². The van der Waals surface area contributed by atoms with Gasteiger partial charge >= 0.3 is 6.03 Å². The molecule has 3 rings (SSSR count). The zero-order chi connectivity index (χ0) is 14.5. The molecule has 0 aliphatic carbocycles. The van der Waals surface area contributed by atoms with Crippen molar-refractivity contribution in [3.63, 3.8) is 0 Å². The number of benzene rings is 2. The van der Waals surface area contributed by atoms with Crippen LogP contribution in [0.5, 0.6) is 0 Å². The van der Waals surface area contributed by atoms with Crippen LogP contribution in [0.25, 0.3) is 0 Å². The second-order valence-corrected chi connectivity index (χ2v) is 5.40. The predicted octanol–water partition coefficient (Wildman–Crippen LogP) is 3.39. The number of rotatable bonds is 5. The van der Waals surface area contributed by atoms with E-state index in [1.807, 2.05) is 41.3 Å². The molecule has 0 radical (unpaired) electrons. The molecule has 3 heteroatoms. The zero-order valence-corrected chi connectivity index (χ0v) is 12.0. The van der Waals surface area contributed by atoms with E-state index >= 15 is 0 Å². The normalized spacial score (nSPS) is 16.6. The van der Waals surface area contributed by atoms with E-state index in [0.29, 0.717) is 0 Å². The highest BCUT2D eigenvalue weighted by molar-refractivity contribution is 5.77. The highest BCUT2D eigenvalue weighted by Gasteiger charge is 2.39. The number of nitrogens with zero attached hydrogens (tertiary/aromatic N) is 1. The van der Waals surface area contributed by atoms with Gasteiger partial charge in [-0.1, -0.05) is 60.7 Å². The molecule has 1 aliphatic rings. The summed E-state index contributed by atoms with van der Waals surface area (Å²) in [6.45, 7) is 1.56. The Balaban J connectivity index is 1.38. The van der Waals surface area contributed by atoms with Crippen LogP contribution in [-0.2, 0) is 6.42 Å². The number of hydrogen-bond acceptors (Lipinski definition) is 1. The SMILES string of the molecule is O=C(NCCCc1ccccc1)N1CC1c1ccccc1. The molecule has 2 aromatic carbocycles. The standard InChI is InChI=1S/C18H20N2O/c21-18(19-13-7-10-15-8-3-1-4-9-15)20-14-17(20)16-11-5-2-6-12-16/h1-6,8-9,11-12,17H,7,10,13-14H2,(H,19,21). The maximum atomic E-state index is 12.0. The van der Waals surface area contributed by atoms with Gasteiger partial charge in [-0.2, -0.15) is 0 Å². The summed E-state index contributed by atoms with van der Waals surface area (Å²) in [5.74, 6) is 0. The van der Waals surface area contributed by atoms with E-state index in [-0.39, 0.29) is 12.1 Å². The van der Waals surface area contributed by atoms with Gasteiger partial charge < -0.3 is 10.2 Å². The summed E-state index contributed by atoms with van der Waals surface area (Å²) in [6, 6.07) is 20.9. The molecule has 21 heavy (non-hydrogen) atoms. The van der Waals surface area contributed by atoms with E-state index in [2.05, 4.69) is 29.6 Å². The topological polar surface area (TPSA) is 32.1 Å². The van der Waals surface area contributed by atoms with Gasteiger partial charge in [-0.15, -0.1) is 0 Å². The Bertz CT molecular complexity index is 583. The van der Waals surface area contributed by atoms with E-state index in [9.17, 15) is 4.79 Å².